The van der Waals surface area contributed by atoms with Crippen molar-refractivity contribution >= 4 is 5.82 Å². The fourth-order valence-corrected chi connectivity index (χ4v) is 1.66. The topological polar surface area (TPSA) is 61.6 Å². The van der Waals surface area contributed by atoms with Crippen LogP contribution < -0.4 is 5.32 Å². The molecule has 1 aromatic rings. The van der Waals surface area contributed by atoms with Crippen molar-refractivity contribution in [3.63, 3.8) is 0 Å². The highest BCUT2D eigenvalue weighted by Gasteiger charge is 2.12. The summed E-state index contributed by atoms with van der Waals surface area (Å²) in [6.45, 7) is 8.05. The highest BCUT2D eigenvalue weighted by molar-refractivity contribution is 5.56. The first-order chi connectivity index (χ1) is 8.10. The number of unbranched alkanes of at least 4 members (excludes halogenated alkanes) is 1. The SMILES string of the molecule is CCCCC(C)Nc1nnc(C)c(C)c1C#N. The van der Waals surface area contributed by atoms with Gasteiger partial charge in [-0.1, -0.05) is 19.8 Å². The number of aromatic nitrogens is 2. The predicted octanol–water partition coefficient (Wildman–Crippen LogP) is 2.96. The quantitative estimate of drug-likeness (QED) is 0.847. The number of anilines is 1. The summed E-state index contributed by atoms with van der Waals surface area (Å²) in [7, 11) is 0. The van der Waals surface area contributed by atoms with Crippen LogP contribution in [0.4, 0.5) is 5.82 Å². The van der Waals surface area contributed by atoms with E-state index in [1.165, 1.54) is 12.8 Å². The first-order valence-corrected chi connectivity index (χ1v) is 6.10. The Morgan fingerprint density at radius 3 is 2.65 bits per heavy atom. The van der Waals surface area contributed by atoms with E-state index in [2.05, 4.69) is 35.4 Å². The minimum absolute atomic E-state index is 0.318. The molecule has 0 radical (unpaired) electrons. The normalized spacial score (nSPS) is 11.9. The van der Waals surface area contributed by atoms with Crippen LogP contribution in [0.15, 0.2) is 0 Å². The second kappa shape index (κ2) is 6.19. The first-order valence-electron chi connectivity index (χ1n) is 6.10. The van der Waals surface area contributed by atoms with E-state index in [1.807, 2.05) is 13.8 Å². The molecule has 0 aliphatic rings. The summed E-state index contributed by atoms with van der Waals surface area (Å²) in [5.74, 6) is 0.610. The van der Waals surface area contributed by atoms with Crippen molar-refractivity contribution in [3.05, 3.63) is 16.8 Å². The van der Waals surface area contributed by atoms with Crippen LogP contribution in [0.1, 0.15) is 49.9 Å². The molecule has 0 bridgehead atoms. The molecule has 0 fully saturated rings. The molecule has 1 aromatic heterocycles. The summed E-state index contributed by atoms with van der Waals surface area (Å²) in [5, 5.41) is 20.6. The summed E-state index contributed by atoms with van der Waals surface area (Å²) in [6, 6.07) is 2.52. The van der Waals surface area contributed by atoms with E-state index in [4.69, 9.17) is 5.26 Å². The molecule has 4 nitrogen and oxygen atoms in total. The number of nitriles is 1. The van der Waals surface area contributed by atoms with Crippen LogP contribution in [-0.2, 0) is 0 Å². The van der Waals surface area contributed by atoms with Crippen LogP contribution in [0.3, 0.4) is 0 Å². The van der Waals surface area contributed by atoms with Crippen LogP contribution >= 0.6 is 0 Å². The summed E-state index contributed by atoms with van der Waals surface area (Å²) < 4.78 is 0. The highest BCUT2D eigenvalue weighted by Crippen LogP contribution is 2.18. The van der Waals surface area contributed by atoms with Gasteiger partial charge in [-0.3, -0.25) is 0 Å². The zero-order chi connectivity index (χ0) is 12.8. The number of hydrogen-bond acceptors (Lipinski definition) is 4. The minimum Gasteiger partial charge on any atom is -0.365 e. The molecule has 0 saturated carbocycles. The third kappa shape index (κ3) is 3.42. The smallest absolute Gasteiger partial charge is 0.167 e. The number of hydrogen-bond donors (Lipinski definition) is 1. The molecular formula is C13H20N4. The van der Waals surface area contributed by atoms with Gasteiger partial charge in [0.2, 0.25) is 0 Å². The monoisotopic (exact) mass is 232 g/mol. The van der Waals surface area contributed by atoms with Crippen molar-refractivity contribution in [2.75, 3.05) is 5.32 Å². The maximum atomic E-state index is 9.15. The van der Waals surface area contributed by atoms with Crippen LogP contribution in [0.25, 0.3) is 0 Å². The molecular weight excluding hydrogens is 212 g/mol. The van der Waals surface area contributed by atoms with E-state index in [-0.39, 0.29) is 0 Å². The Morgan fingerprint density at radius 1 is 1.35 bits per heavy atom. The van der Waals surface area contributed by atoms with Crippen molar-refractivity contribution in [1.82, 2.24) is 10.2 Å². The summed E-state index contributed by atoms with van der Waals surface area (Å²) >= 11 is 0. The first kappa shape index (κ1) is 13.4. The Hall–Kier alpha value is -1.63. The molecule has 1 heterocycles. The average Bonchev–Trinajstić information content (AvgIpc) is 2.32. The van der Waals surface area contributed by atoms with Crippen molar-refractivity contribution in [1.29, 1.82) is 5.26 Å². The van der Waals surface area contributed by atoms with Crippen molar-refractivity contribution < 1.29 is 0 Å². The van der Waals surface area contributed by atoms with Crippen LogP contribution in [0.2, 0.25) is 0 Å². The van der Waals surface area contributed by atoms with Crippen LogP contribution in [0, 0.1) is 25.2 Å². The molecule has 0 aliphatic carbocycles. The molecule has 0 amide bonds. The molecule has 1 atom stereocenters. The Morgan fingerprint density at radius 2 is 2.06 bits per heavy atom. The van der Waals surface area contributed by atoms with Gasteiger partial charge in [0.25, 0.3) is 0 Å². The van der Waals surface area contributed by atoms with Crippen molar-refractivity contribution in [3.8, 4) is 6.07 Å². The third-order valence-electron chi connectivity index (χ3n) is 2.94. The standard InChI is InChI=1S/C13H20N4/c1-5-6-7-9(2)15-13-12(8-14)10(3)11(4)16-17-13/h9H,5-7H2,1-4H3,(H,15,17). The fourth-order valence-electron chi connectivity index (χ4n) is 1.66. The molecule has 17 heavy (non-hydrogen) atoms. The summed E-state index contributed by atoms with van der Waals surface area (Å²) in [4.78, 5) is 0. The third-order valence-corrected chi connectivity index (χ3v) is 2.94. The van der Waals surface area contributed by atoms with Gasteiger partial charge in [-0.05, 0) is 32.8 Å². The number of nitrogens with one attached hydrogen (secondary N) is 1. The molecule has 0 aliphatic heterocycles. The Kier molecular flexibility index (Phi) is 4.89. The van der Waals surface area contributed by atoms with Gasteiger partial charge in [-0.25, -0.2) is 0 Å². The van der Waals surface area contributed by atoms with E-state index < -0.39 is 0 Å². The van der Waals surface area contributed by atoms with Crippen LogP contribution in [-0.4, -0.2) is 16.2 Å². The lowest BCUT2D eigenvalue weighted by Crippen LogP contribution is -2.18. The highest BCUT2D eigenvalue weighted by atomic mass is 15.2. The molecule has 92 valence electrons. The van der Waals surface area contributed by atoms with Gasteiger partial charge in [0.15, 0.2) is 5.82 Å². The molecule has 4 heteroatoms. The zero-order valence-corrected chi connectivity index (χ0v) is 11.0. The number of rotatable bonds is 5. The van der Waals surface area contributed by atoms with Crippen molar-refractivity contribution in [2.24, 2.45) is 0 Å². The van der Waals surface area contributed by atoms with Crippen LogP contribution in [0.5, 0.6) is 0 Å². The van der Waals surface area contributed by atoms with Gasteiger partial charge < -0.3 is 5.32 Å². The second-order valence-corrected chi connectivity index (χ2v) is 4.43. The van der Waals surface area contributed by atoms with Gasteiger partial charge in [0.1, 0.15) is 11.6 Å². The number of nitrogens with zero attached hydrogens (tertiary/aromatic N) is 3. The largest absolute Gasteiger partial charge is 0.365 e. The lowest BCUT2D eigenvalue weighted by molar-refractivity contribution is 0.641. The molecule has 1 N–H and O–H groups in total. The zero-order valence-electron chi connectivity index (χ0n) is 11.0. The average molecular weight is 232 g/mol. The molecule has 1 unspecified atom stereocenters. The summed E-state index contributed by atoms with van der Waals surface area (Å²) in [5.41, 5.74) is 2.34. The lowest BCUT2D eigenvalue weighted by Gasteiger charge is -2.15. The van der Waals surface area contributed by atoms with Gasteiger partial charge in [0.05, 0.1) is 5.69 Å². The Balaban J connectivity index is 2.85. The molecule has 0 saturated heterocycles. The number of aryl methyl sites for hydroxylation is 1. The van der Waals surface area contributed by atoms with Gasteiger partial charge in [-0.2, -0.15) is 10.4 Å². The minimum atomic E-state index is 0.318. The maximum absolute atomic E-state index is 9.15. The van der Waals surface area contributed by atoms with E-state index in [9.17, 15) is 0 Å². The molecule has 0 spiro atoms. The molecule has 1 rings (SSSR count). The van der Waals surface area contributed by atoms with E-state index >= 15 is 0 Å². The van der Waals surface area contributed by atoms with Crippen molar-refractivity contribution in [2.45, 2.75) is 53.0 Å². The van der Waals surface area contributed by atoms with E-state index in [1.54, 1.807) is 0 Å². The van der Waals surface area contributed by atoms with Gasteiger partial charge in [-0.15, -0.1) is 5.10 Å². The Bertz CT molecular complexity index is 420. The fraction of sp³-hybridized carbons (Fsp3) is 0.615. The Labute approximate surface area is 103 Å². The maximum Gasteiger partial charge on any atom is 0.167 e. The lowest BCUT2D eigenvalue weighted by atomic mass is 10.1. The van der Waals surface area contributed by atoms with Gasteiger partial charge >= 0.3 is 0 Å². The van der Waals surface area contributed by atoms with Gasteiger partial charge in [0, 0.05) is 6.04 Å². The summed E-state index contributed by atoms with van der Waals surface area (Å²) in [6.07, 6.45) is 3.43. The molecule has 0 aromatic carbocycles. The van der Waals surface area contributed by atoms with E-state index in [0.717, 1.165) is 17.7 Å². The van der Waals surface area contributed by atoms with E-state index in [0.29, 0.717) is 17.4 Å². The predicted molar refractivity (Wildman–Crippen MR) is 68.8 cm³/mol. The second-order valence-electron chi connectivity index (χ2n) is 4.43.